The molecule has 1 aliphatic heterocycles. The lowest BCUT2D eigenvalue weighted by atomic mass is 9.46. The smallest absolute Gasteiger partial charge is 0.241 e. The first-order chi connectivity index (χ1) is 10.4. The van der Waals surface area contributed by atoms with Gasteiger partial charge in [0.05, 0.1) is 12.2 Å². The molecule has 22 heavy (non-hydrogen) atoms. The molecule has 3 rings (SSSR count). The molecule has 0 bridgehead atoms. The third-order valence-electron chi connectivity index (χ3n) is 6.45. The highest BCUT2D eigenvalue weighted by atomic mass is 16.5. The van der Waals surface area contributed by atoms with E-state index in [0.29, 0.717) is 6.54 Å². The summed E-state index contributed by atoms with van der Waals surface area (Å²) >= 11 is 0. The SMILES string of the molecule is CC1(C)C2OCCCC2C1(N)C(=O)NCC1CCCCC1O. The van der Waals surface area contributed by atoms with Crippen molar-refractivity contribution in [1.82, 2.24) is 5.32 Å². The van der Waals surface area contributed by atoms with E-state index in [1.165, 1.54) is 0 Å². The molecule has 5 heteroatoms. The number of nitrogens with two attached hydrogens (primary N) is 1. The summed E-state index contributed by atoms with van der Waals surface area (Å²) in [4.78, 5) is 12.8. The first-order valence-corrected chi connectivity index (χ1v) is 8.76. The topological polar surface area (TPSA) is 84.6 Å². The molecule has 3 aliphatic rings. The van der Waals surface area contributed by atoms with Crippen LogP contribution in [0.15, 0.2) is 0 Å². The lowest BCUT2D eigenvalue weighted by Gasteiger charge is -2.65. The van der Waals surface area contributed by atoms with Crippen molar-refractivity contribution in [1.29, 1.82) is 0 Å². The molecule has 4 N–H and O–H groups in total. The van der Waals surface area contributed by atoms with Crippen LogP contribution in [0.4, 0.5) is 0 Å². The Morgan fingerprint density at radius 2 is 2.00 bits per heavy atom. The number of amides is 1. The Balaban J connectivity index is 1.63. The average molecular weight is 310 g/mol. The van der Waals surface area contributed by atoms with Gasteiger partial charge in [0, 0.05) is 30.4 Å². The Morgan fingerprint density at radius 1 is 1.27 bits per heavy atom. The van der Waals surface area contributed by atoms with Crippen molar-refractivity contribution in [2.24, 2.45) is 23.0 Å². The summed E-state index contributed by atoms with van der Waals surface area (Å²) in [6, 6.07) is 0. The van der Waals surface area contributed by atoms with E-state index in [2.05, 4.69) is 5.32 Å². The van der Waals surface area contributed by atoms with E-state index in [1.807, 2.05) is 13.8 Å². The predicted molar refractivity (Wildman–Crippen MR) is 84.1 cm³/mol. The van der Waals surface area contributed by atoms with Gasteiger partial charge >= 0.3 is 0 Å². The van der Waals surface area contributed by atoms with Gasteiger partial charge in [0.15, 0.2) is 0 Å². The second-order valence-corrected chi connectivity index (χ2v) is 7.95. The number of carbonyl (C=O) groups is 1. The van der Waals surface area contributed by atoms with Crippen molar-refractivity contribution in [3.8, 4) is 0 Å². The fourth-order valence-corrected chi connectivity index (χ4v) is 4.83. The standard InChI is InChI=1S/C17H30N2O3/c1-16(2)14-12(7-5-9-22-14)17(16,18)15(21)19-10-11-6-3-4-8-13(11)20/h11-14,20H,3-10,18H2,1-2H3,(H,19,21). The van der Waals surface area contributed by atoms with E-state index >= 15 is 0 Å². The number of fused-ring (bicyclic) bond motifs is 1. The summed E-state index contributed by atoms with van der Waals surface area (Å²) < 4.78 is 5.85. The van der Waals surface area contributed by atoms with Crippen molar-refractivity contribution in [3.63, 3.8) is 0 Å². The van der Waals surface area contributed by atoms with E-state index in [-0.39, 0.29) is 35.4 Å². The molecule has 0 radical (unpaired) electrons. The van der Waals surface area contributed by atoms with Gasteiger partial charge in [0.25, 0.3) is 0 Å². The van der Waals surface area contributed by atoms with Crippen LogP contribution >= 0.6 is 0 Å². The Bertz CT molecular complexity index is 440. The highest BCUT2D eigenvalue weighted by Crippen LogP contribution is 2.57. The zero-order chi connectivity index (χ0) is 16.0. The highest BCUT2D eigenvalue weighted by molar-refractivity contribution is 5.89. The first-order valence-electron chi connectivity index (χ1n) is 8.76. The third kappa shape index (κ3) is 2.29. The van der Waals surface area contributed by atoms with Crippen LogP contribution in [0.25, 0.3) is 0 Å². The Morgan fingerprint density at radius 3 is 2.73 bits per heavy atom. The van der Waals surface area contributed by atoms with Crippen molar-refractivity contribution in [3.05, 3.63) is 0 Å². The Kier molecular flexibility index (Phi) is 4.25. The van der Waals surface area contributed by atoms with E-state index in [4.69, 9.17) is 10.5 Å². The molecule has 126 valence electrons. The minimum Gasteiger partial charge on any atom is -0.393 e. The highest BCUT2D eigenvalue weighted by Gasteiger charge is 2.70. The van der Waals surface area contributed by atoms with Crippen LogP contribution in [-0.4, -0.2) is 41.9 Å². The minimum absolute atomic E-state index is 0.0676. The van der Waals surface area contributed by atoms with Crippen LogP contribution in [0.2, 0.25) is 0 Å². The summed E-state index contributed by atoms with van der Waals surface area (Å²) in [7, 11) is 0. The summed E-state index contributed by atoms with van der Waals surface area (Å²) in [5.41, 5.74) is 5.39. The van der Waals surface area contributed by atoms with Crippen LogP contribution in [0.3, 0.4) is 0 Å². The maximum atomic E-state index is 12.8. The maximum Gasteiger partial charge on any atom is 0.241 e. The molecule has 5 atom stereocenters. The van der Waals surface area contributed by atoms with Gasteiger partial charge in [-0.25, -0.2) is 0 Å². The number of aliphatic hydroxyl groups is 1. The lowest BCUT2D eigenvalue weighted by molar-refractivity contribution is -0.225. The van der Waals surface area contributed by atoms with Gasteiger partial charge < -0.3 is 20.9 Å². The van der Waals surface area contributed by atoms with Crippen LogP contribution in [0.5, 0.6) is 0 Å². The molecule has 3 fully saturated rings. The predicted octanol–water partition coefficient (Wildman–Crippen LogP) is 1.19. The van der Waals surface area contributed by atoms with Gasteiger partial charge in [-0.05, 0) is 25.7 Å². The van der Waals surface area contributed by atoms with Crippen LogP contribution < -0.4 is 11.1 Å². The summed E-state index contributed by atoms with van der Waals surface area (Å²) in [5, 5.41) is 13.1. The maximum absolute atomic E-state index is 12.8. The van der Waals surface area contributed by atoms with E-state index in [9.17, 15) is 9.90 Å². The molecule has 5 nitrogen and oxygen atoms in total. The Hall–Kier alpha value is -0.650. The zero-order valence-electron chi connectivity index (χ0n) is 13.8. The molecule has 2 saturated carbocycles. The van der Waals surface area contributed by atoms with Crippen LogP contribution in [0, 0.1) is 17.3 Å². The van der Waals surface area contributed by atoms with E-state index < -0.39 is 5.54 Å². The van der Waals surface area contributed by atoms with Gasteiger partial charge in [-0.3, -0.25) is 4.79 Å². The molecule has 0 aromatic carbocycles. The molecular weight excluding hydrogens is 280 g/mol. The van der Waals surface area contributed by atoms with Crippen LogP contribution in [0.1, 0.15) is 52.4 Å². The molecule has 0 spiro atoms. The number of ether oxygens (including phenoxy) is 1. The summed E-state index contributed by atoms with van der Waals surface area (Å²) in [6.45, 7) is 5.38. The average Bonchev–Trinajstić information content (AvgIpc) is 2.53. The normalized spacial score (nSPS) is 43.8. The second-order valence-electron chi connectivity index (χ2n) is 7.95. The van der Waals surface area contributed by atoms with Crippen molar-refractivity contribution in [2.45, 2.75) is 70.1 Å². The molecule has 1 heterocycles. The molecule has 2 aliphatic carbocycles. The van der Waals surface area contributed by atoms with Gasteiger partial charge in [-0.15, -0.1) is 0 Å². The van der Waals surface area contributed by atoms with Crippen molar-refractivity contribution < 1.29 is 14.6 Å². The molecule has 5 unspecified atom stereocenters. The van der Waals surface area contributed by atoms with E-state index in [1.54, 1.807) is 0 Å². The zero-order valence-corrected chi connectivity index (χ0v) is 13.8. The molecule has 1 saturated heterocycles. The van der Waals surface area contributed by atoms with Crippen molar-refractivity contribution >= 4 is 5.91 Å². The molecule has 0 aromatic rings. The lowest BCUT2D eigenvalue weighted by Crippen LogP contribution is -2.82. The van der Waals surface area contributed by atoms with Gasteiger partial charge in [0.2, 0.25) is 5.91 Å². The second kappa shape index (κ2) is 5.77. The number of hydrogen-bond acceptors (Lipinski definition) is 4. The third-order valence-corrected chi connectivity index (χ3v) is 6.45. The van der Waals surface area contributed by atoms with Gasteiger partial charge in [-0.2, -0.15) is 0 Å². The quantitative estimate of drug-likeness (QED) is 0.731. The number of aliphatic hydroxyl groups excluding tert-OH is 1. The number of rotatable bonds is 3. The Labute approximate surface area is 133 Å². The first kappa shape index (κ1) is 16.2. The number of hydrogen-bond donors (Lipinski definition) is 3. The fraction of sp³-hybridized carbons (Fsp3) is 0.941. The van der Waals surface area contributed by atoms with Gasteiger partial charge in [-0.1, -0.05) is 26.7 Å². The number of nitrogens with one attached hydrogen (secondary N) is 1. The molecular formula is C17H30N2O3. The van der Waals surface area contributed by atoms with Gasteiger partial charge in [0.1, 0.15) is 5.54 Å². The van der Waals surface area contributed by atoms with E-state index in [0.717, 1.165) is 45.1 Å². The summed E-state index contributed by atoms with van der Waals surface area (Å²) in [6.07, 6.45) is 5.79. The monoisotopic (exact) mass is 310 g/mol. The summed E-state index contributed by atoms with van der Waals surface area (Å²) in [5.74, 6) is 0.220. The largest absolute Gasteiger partial charge is 0.393 e. The van der Waals surface area contributed by atoms with Crippen molar-refractivity contribution in [2.75, 3.05) is 13.2 Å². The molecule has 1 amide bonds. The minimum atomic E-state index is -0.849. The number of carbonyl (C=O) groups excluding carboxylic acids is 1. The molecule has 0 aromatic heterocycles. The van der Waals surface area contributed by atoms with Crippen LogP contribution in [-0.2, 0) is 9.53 Å². The fourth-order valence-electron chi connectivity index (χ4n) is 4.83.